The number of aromatic nitrogens is 1. The maximum Gasteiger partial charge on any atom is 0.289 e. The van der Waals surface area contributed by atoms with Crippen LogP contribution in [0, 0.1) is 5.92 Å². The fraction of sp³-hybridized carbons (Fsp3) is 0.789. The molecular formula is C19H31N3O2. The Hall–Kier alpha value is -1.36. The molecule has 1 saturated carbocycles. The number of hydrogen-bond acceptors (Lipinski definition) is 4. The van der Waals surface area contributed by atoms with Gasteiger partial charge in [0.2, 0.25) is 5.76 Å². The van der Waals surface area contributed by atoms with Crippen LogP contribution in [0.1, 0.15) is 81.0 Å². The molecule has 2 heterocycles. The first-order valence-corrected chi connectivity index (χ1v) is 9.62. The molecule has 1 amide bonds. The quantitative estimate of drug-likeness (QED) is 0.895. The van der Waals surface area contributed by atoms with Crippen LogP contribution in [0.5, 0.6) is 0 Å². The predicted molar refractivity (Wildman–Crippen MR) is 94.1 cm³/mol. The number of hydrogen-bond donors (Lipinski definition) is 1. The van der Waals surface area contributed by atoms with Gasteiger partial charge in [0.15, 0.2) is 0 Å². The molecule has 24 heavy (non-hydrogen) atoms. The van der Waals surface area contributed by atoms with Gasteiger partial charge in [-0.2, -0.15) is 0 Å². The van der Waals surface area contributed by atoms with Crippen molar-refractivity contribution in [2.45, 2.75) is 70.8 Å². The van der Waals surface area contributed by atoms with Gasteiger partial charge < -0.3 is 14.7 Å². The summed E-state index contributed by atoms with van der Waals surface area (Å²) < 4.78 is 5.31. The highest BCUT2D eigenvalue weighted by Crippen LogP contribution is 2.32. The molecule has 2 aliphatic rings. The lowest BCUT2D eigenvalue weighted by atomic mass is 9.87. The summed E-state index contributed by atoms with van der Waals surface area (Å²) in [5, 5.41) is 7.19. The highest BCUT2D eigenvalue weighted by atomic mass is 16.5. The number of likely N-dealkylation sites (tertiary alicyclic amines) is 1. The average molecular weight is 333 g/mol. The first-order chi connectivity index (χ1) is 11.6. The van der Waals surface area contributed by atoms with Gasteiger partial charge in [-0.15, -0.1) is 0 Å². The minimum absolute atomic E-state index is 0.119. The molecule has 134 valence electrons. The van der Waals surface area contributed by atoms with Crippen molar-refractivity contribution in [3.05, 3.63) is 17.5 Å². The minimum atomic E-state index is -0.119. The Labute approximate surface area is 145 Å². The summed E-state index contributed by atoms with van der Waals surface area (Å²) in [6, 6.07) is 2.43. The Balaban J connectivity index is 1.49. The molecule has 2 fully saturated rings. The van der Waals surface area contributed by atoms with E-state index < -0.39 is 0 Å². The molecule has 0 bridgehead atoms. The van der Waals surface area contributed by atoms with E-state index in [1.165, 1.54) is 51.5 Å². The van der Waals surface area contributed by atoms with Crippen LogP contribution in [0.25, 0.3) is 0 Å². The molecule has 1 aliphatic carbocycles. The number of rotatable bonds is 5. The van der Waals surface area contributed by atoms with E-state index in [9.17, 15) is 4.79 Å². The van der Waals surface area contributed by atoms with Crippen LogP contribution in [0.2, 0.25) is 0 Å². The van der Waals surface area contributed by atoms with Crippen molar-refractivity contribution in [1.82, 2.24) is 15.4 Å². The van der Waals surface area contributed by atoms with Gasteiger partial charge in [-0.05, 0) is 52.0 Å². The zero-order valence-electron chi connectivity index (χ0n) is 15.1. The number of nitrogens with zero attached hydrogens (tertiary/aromatic N) is 2. The summed E-state index contributed by atoms with van der Waals surface area (Å²) in [7, 11) is 0. The molecule has 0 unspecified atom stereocenters. The summed E-state index contributed by atoms with van der Waals surface area (Å²) in [4.78, 5) is 14.8. The lowest BCUT2D eigenvalue weighted by molar-refractivity contribution is 0.0887. The highest BCUT2D eigenvalue weighted by Gasteiger charge is 2.24. The summed E-state index contributed by atoms with van der Waals surface area (Å²) in [5.41, 5.74) is 0.962. The van der Waals surface area contributed by atoms with Gasteiger partial charge in [-0.3, -0.25) is 4.79 Å². The van der Waals surface area contributed by atoms with Crippen molar-refractivity contribution in [1.29, 1.82) is 0 Å². The summed E-state index contributed by atoms with van der Waals surface area (Å²) in [5.74, 6) is 1.26. The molecule has 1 atom stereocenters. The molecule has 1 aliphatic heterocycles. The van der Waals surface area contributed by atoms with Gasteiger partial charge in [0, 0.05) is 31.1 Å². The number of carbonyl (C=O) groups is 1. The Morgan fingerprint density at radius 3 is 2.83 bits per heavy atom. The van der Waals surface area contributed by atoms with Crippen LogP contribution < -0.4 is 5.32 Å². The Morgan fingerprint density at radius 2 is 2.08 bits per heavy atom. The van der Waals surface area contributed by atoms with E-state index in [1.807, 2.05) is 6.07 Å². The second-order valence-corrected chi connectivity index (χ2v) is 7.76. The van der Waals surface area contributed by atoms with Gasteiger partial charge in [0.25, 0.3) is 5.91 Å². The molecule has 5 nitrogen and oxygen atoms in total. The highest BCUT2D eigenvalue weighted by molar-refractivity contribution is 5.91. The standard InChI is InChI=1S/C19H31N3O2/c1-14(2)22-10-6-7-15(13-22)12-20-19(23)18-11-17(21-24-18)16-8-4-3-5-9-16/h11,14-16H,3-10,12-13H2,1-2H3,(H,20,23)/t15-/m1/s1. The molecule has 0 radical (unpaired) electrons. The van der Waals surface area contributed by atoms with Gasteiger partial charge in [0.1, 0.15) is 0 Å². The second-order valence-electron chi connectivity index (χ2n) is 7.76. The van der Waals surface area contributed by atoms with Crippen LogP contribution in [0.4, 0.5) is 0 Å². The van der Waals surface area contributed by atoms with Crippen LogP contribution in [0.15, 0.2) is 10.6 Å². The number of amides is 1. The topological polar surface area (TPSA) is 58.4 Å². The fourth-order valence-electron chi connectivity index (χ4n) is 4.04. The lowest BCUT2D eigenvalue weighted by Gasteiger charge is -2.35. The first-order valence-electron chi connectivity index (χ1n) is 9.62. The average Bonchev–Trinajstić information content (AvgIpc) is 3.11. The van der Waals surface area contributed by atoms with Gasteiger partial charge >= 0.3 is 0 Å². The molecule has 1 aromatic rings. The third-order valence-corrected chi connectivity index (χ3v) is 5.61. The summed E-state index contributed by atoms with van der Waals surface area (Å²) in [6.07, 6.45) is 8.57. The zero-order chi connectivity index (χ0) is 16.9. The molecule has 0 spiro atoms. The molecule has 1 N–H and O–H groups in total. The maximum absolute atomic E-state index is 12.3. The van der Waals surface area contributed by atoms with Crippen LogP contribution in [0.3, 0.4) is 0 Å². The summed E-state index contributed by atoms with van der Waals surface area (Å²) >= 11 is 0. The first kappa shape index (κ1) is 17.5. The molecule has 5 heteroatoms. The van der Waals surface area contributed by atoms with Gasteiger partial charge in [-0.25, -0.2) is 0 Å². The zero-order valence-corrected chi connectivity index (χ0v) is 15.1. The van der Waals surface area contributed by atoms with E-state index in [1.54, 1.807) is 0 Å². The van der Waals surface area contributed by atoms with Gasteiger partial charge in [-0.1, -0.05) is 24.4 Å². The summed E-state index contributed by atoms with van der Waals surface area (Å²) in [6.45, 7) is 7.45. The van der Waals surface area contributed by atoms with E-state index in [4.69, 9.17) is 4.52 Å². The second kappa shape index (κ2) is 8.15. The van der Waals surface area contributed by atoms with Crippen molar-refractivity contribution >= 4 is 5.91 Å². The third-order valence-electron chi connectivity index (χ3n) is 5.61. The predicted octanol–water partition coefficient (Wildman–Crippen LogP) is 3.57. The van der Waals surface area contributed by atoms with E-state index >= 15 is 0 Å². The van der Waals surface area contributed by atoms with E-state index in [2.05, 4.69) is 29.2 Å². The van der Waals surface area contributed by atoms with Crippen molar-refractivity contribution in [2.24, 2.45) is 5.92 Å². The SMILES string of the molecule is CC(C)N1CCC[C@H](CNC(=O)c2cc(C3CCCCC3)no2)C1. The number of carbonyl (C=O) groups excluding carboxylic acids is 1. The molecule has 3 rings (SSSR count). The van der Waals surface area contributed by atoms with E-state index in [0.717, 1.165) is 18.8 Å². The monoisotopic (exact) mass is 333 g/mol. The van der Waals surface area contributed by atoms with Crippen molar-refractivity contribution in [3.63, 3.8) is 0 Å². The smallest absolute Gasteiger partial charge is 0.289 e. The van der Waals surface area contributed by atoms with Crippen molar-refractivity contribution in [2.75, 3.05) is 19.6 Å². The molecule has 1 aromatic heterocycles. The maximum atomic E-state index is 12.3. The minimum Gasteiger partial charge on any atom is -0.351 e. The lowest BCUT2D eigenvalue weighted by Crippen LogP contribution is -2.43. The Kier molecular flexibility index (Phi) is 5.93. The number of nitrogens with one attached hydrogen (secondary N) is 1. The Bertz CT molecular complexity index is 534. The van der Waals surface area contributed by atoms with Crippen LogP contribution in [-0.4, -0.2) is 41.6 Å². The largest absolute Gasteiger partial charge is 0.351 e. The van der Waals surface area contributed by atoms with E-state index in [0.29, 0.717) is 23.6 Å². The van der Waals surface area contributed by atoms with Crippen LogP contribution >= 0.6 is 0 Å². The van der Waals surface area contributed by atoms with Gasteiger partial charge in [0.05, 0.1) is 5.69 Å². The number of piperidine rings is 1. The van der Waals surface area contributed by atoms with E-state index in [-0.39, 0.29) is 5.91 Å². The molecule has 0 aromatic carbocycles. The van der Waals surface area contributed by atoms with Crippen molar-refractivity contribution < 1.29 is 9.32 Å². The fourth-order valence-corrected chi connectivity index (χ4v) is 4.04. The molecular weight excluding hydrogens is 302 g/mol. The normalized spacial score (nSPS) is 23.5. The third kappa shape index (κ3) is 4.38. The van der Waals surface area contributed by atoms with Crippen molar-refractivity contribution in [3.8, 4) is 0 Å². The molecule has 1 saturated heterocycles. The Morgan fingerprint density at radius 1 is 1.29 bits per heavy atom. The van der Waals surface area contributed by atoms with Crippen LogP contribution in [-0.2, 0) is 0 Å².